The Bertz CT molecular complexity index is 833. The number of rotatable bonds is 5. The summed E-state index contributed by atoms with van der Waals surface area (Å²) >= 11 is 6.81. The Hall–Kier alpha value is -2.34. The molecule has 0 atom stereocenters. The van der Waals surface area contributed by atoms with Crippen molar-refractivity contribution in [3.63, 3.8) is 0 Å². The van der Waals surface area contributed by atoms with Gasteiger partial charge in [-0.15, -0.1) is 11.8 Å². The number of thiocarbonyl (C=S) groups is 1. The predicted octanol–water partition coefficient (Wildman–Crippen LogP) is 4.81. The van der Waals surface area contributed by atoms with Gasteiger partial charge in [-0.2, -0.15) is 0 Å². The molecule has 25 heavy (non-hydrogen) atoms. The van der Waals surface area contributed by atoms with E-state index in [-0.39, 0.29) is 0 Å². The SMILES string of the molecule is NNC(=S)Nc1cccc(SCc2ccc(-c3ccccc3)cc2)c1. The molecule has 3 aromatic carbocycles. The van der Waals surface area contributed by atoms with E-state index in [1.165, 1.54) is 21.6 Å². The molecule has 0 radical (unpaired) electrons. The van der Waals surface area contributed by atoms with Crippen LogP contribution in [-0.4, -0.2) is 5.11 Å². The zero-order valence-corrected chi connectivity index (χ0v) is 15.2. The van der Waals surface area contributed by atoms with Crippen LogP contribution in [0, 0.1) is 0 Å². The van der Waals surface area contributed by atoms with Gasteiger partial charge in [0.15, 0.2) is 5.11 Å². The van der Waals surface area contributed by atoms with Gasteiger partial charge in [0.05, 0.1) is 0 Å². The van der Waals surface area contributed by atoms with Crippen molar-refractivity contribution in [3.05, 3.63) is 84.4 Å². The molecule has 0 saturated carbocycles. The number of hydrogen-bond acceptors (Lipinski definition) is 3. The Morgan fingerprint density at radius 1 is 0.880 bits per heavy atom. The second kappa shape index (κ2) is 8.67. The summed E-state index contributed by atoms with van der Waals surface area (Å²) in [5, 5.41) is 3.44. The monoisotopic (exact) mass is 365 g/mol. The lowest BCUT2D eigenvalue weighted by Crippen LogP contribution is -2.34. The molecule has 3 rings (SSSR count). The number of thioether (sulfide) groups is 1. The van der Waals surface area contributed by atoms with Crippen LogP contribution in [0.3, 0.4) is 0 Å². The summed E-state index contributed by atoms with van der Waals surface area (Å²) in [6, 6.07) is 27.3. The molecular formula is C20H19N3S2. The number of hydrogen-bond donors (Lipinski definition) is 3. The number of benzene rings is 3. The van der Waals surface area contributed by atoms with Crippen LogP contribution in [0.15, 0.2) is 83.8 Å². The minimum atomic E-state index is 0.402. The Morgan fingerprint density at radius 3 is 2.32 bits per heavy atom. The lowest BCUT2D eigenvalue weighted by atomic mass is 10.0. The van der Waals surface area contributed by atoms with Crippen LogP contribution in [0.1, 0.15) is 5.56 Å². The van der Waals surface area contributed by atoms with Crippen molar-refractivity contribution >= 4 is 34.8 Å². The van der Waals surface area contributed by atoms with E-state index in [9.17, 15) is 0 Å². The van der Waals surface area contributed by atoms with Gasteiger partial charge in [0.25, 0.3) is 0 Å². The van der Waals surface area contributed by atoms with E-state index in [2.05, 4.69) is 71.4 Å². The summed E-state index contributed by atoms with van der Waals surface area (Å²) in [6.07, 6.45) is 0. The molecule has 4 N–H and O–H groups in total. The average molecular weight is 366 g/mol. The maximum atomic E-state index is 5.29. The molecule has 3 nitrogen and oxygen atoms in total. The first-order valence-corrected chi connectivity index (χ1v) is 9.29. The van der Waals surface area contributed by atoms with Gasteiger partial charge in [0, 0.05) is 16.3 Å². The quantitative estimate of drug-likeness (QED) is 0.262. The summed E-state index contributed by atoms with van der Waals surface area (Å²) < 4.78 is 0. The van der Waals surface area contributed by atoms with E-state index in [0.29, 0.717) is 5.11 Å². The molecule has 0 saturated heterocycles. The number of anilines is 1. The molecule has 3 aromatic rings. The van der Waals surface area contributed by atoms with E-state index in [1.807, 2.05) is 18.2 Å². The predicted molar refractivity (Wildman–Crippen MR) is 111 cm³/mol. The fraction of sp³-hybridized carbons (Fsp3) is 0.0500. The van der Waals surface area contributed by atoms with Crippen molar-refractivity contribution in [1.29, 1.82) is 0 Å². The van der Waals surface area contributed by atoms with Crippen LogP contribution in [0.4, 0.5) is 5.69 Å². The number of hydrazine groups is 1. The van der Waals surface area contributed by atoms with Crippen molar-refractivity contribution in [3.8, 4) is 11.1 Å². The zero-order valence-electron chi connectivity index (χ0n) is 13.6. The van der Waals surface area contributed by atoms with Crippen LogP contribution < -0.4 is 16.6 Å². The van der Waals surface area contributed by atoms with Crippen molar-refractivity contribution < 1.29 is 0 Å². The smallest absolute Gasteiger partial charge is 0.185 e. The third-order valence-electron chi connectivity index (χ3n) is 3.69. The molecule has 5 heteroatoms. The van der Waals surface area contributed by atoms with Gasteiger partial charge in [-0.25, -0.2) is 5.84 Å². The molecule has 0 aliphatic heterocycles. The Balaban J connectivity index is 1.62. The minimum absolute atomic E-state index is 0.402. The lowest BCUT2D eigenvalue weighted by molar-refractivity contribution is 1.04. The highest BCUT2D eigenvalue weighted by molar-refractivity contribution is 7.98. The summed E-state index contributed by atoms with van der Waals surface area (Å²) in [6.45, 7) is 0. The van der Waals surface area contributed by atoms with Crippen LogP contribution in [0.5, 0.6) is 0 Å². The van der Waals surface area contributed by atoms with Crippen molar-refractivity contribution in [2.45, 2.75) is 10.6 Å². The first-order valence-electron chi connectivity index (χ1n) is 7.89. The van der Waals surface area contributed by atoms with E-state index < -0.39 is 0 Å². The molecule has 0 unspecified atom stereocenters. The van der Waals surface area contributed by atoms with Crippen LogP contribution in [0.2, 0.25) is 0 Å². The van der Waals surface area contributed by atoms with Gasteiger partial charge in [0.2, 0.25) is 0 Å². The largest absolute Gasteiger partial charge is 0.332 e. The first kappa shape index (κ1) is 17.5. The highest BCUT2D eigenvalue weighted by atomic mass is 32.2. The Morgan fingerprint density at radius 2 is 1.60 bits per heavy atom. The maximum absolute atomic E-state index is 5.29. The second-order valence-electron chi connectivity index (χ2n) is 5.48. The summed E-state index contributed by atoms with van der Waals surface area (Å²) in [5.41, 5.74) is 7.12. The molecule has 0 aromatic heterocycles. The highest BCUT2D eigenvalue weighted by Gasteiger charge is 2.01. The molecule has 0 aliphatic rings. The molecule has 0 aliphatic carbocycles. The number of nitrogens with one attached hydrogen (secondary N) is 2. The summed E-state index contributed by atoms with van der Waals surface area (Å²) in [4.78, 5) is 1.18. The summed E-state index contributed by atoms with van der Waals surface area (Å²) in [5.74, 6) is 6.20. The van der Waals surface area contributed by atoms with Gasteiger partial charge in [-0.3, -0.25) is 0 Å². The Kier molecular flexibility index (Phi) is 6.06. The number of nitrogens with two attached hydrogens (primary N) is 1. The maximum Gasteiger partial charge on any atom is 0.185 e. The zero-order chi connectivity index (χ0) is 17.5. The standard InChI is InChI=1S/C20H19N3S2/c21-23-20(24)22-18-7-4-8-19(13-18)25-14-15-9-11-17(12-10-15)16-5-2-1-3-6-16/h1-13H,14,21H2,(H2,22,23,24). The normalized spacial score (nSPS) is 10.3. The summed E-state index contributed by atoms with van der Waals surface area (Å²) in [7, 11) is 0. The Labute approximate surface area is 157 Å². The molecule has 0 amide bonds. The van der Waals surface area contributed by atoms with Gasteiger partial charge >= 0.3 is 0 Å². The molecular weight excluding hydrogens is 346 g/mol. The first-order chi connectivity index (χ1) is 12.2. The van der Waals surface area contributed by atoms with Crippen LogP contribution in [0.25, 0.3) is 11.1 Å². The van der Waals surface area contributed by atoms with Crippen LogP contribution in [-0.2, 0) is 5.75 Å². The lowest BCUT2D eigenvalue weighted by Gasteiger charge is -2.09. The van der Waals surface area contributed by atoms with Crippen molar-refractivity contribution in [2.75, 3.05) is 5.32 Å². The third kappa shape index (κ3) is 5.06. The average Bonchev–Trinajstić information content (AvgIpc) is 2.68. The van der Waals surface area contributed by atoms with Crippen molar-refractivity contribution in [2.24, 2.45) is 5.84 Å². The van der Waals surface area contributed by atoms with E-state index in [1.54, 1.807) is 11.8 Å². The fourth-order valence-electron chi connectivity index (χ4n) is 2.42. The van der Waals surface area contributed by atoms with Crippen molar-refractivity contribution in [1.82, 2.24) is 5.43 Å². The van der Waals surface area contributed by atoms with E-state index in [4.69, 9.17) is 18.1 Å². The van der Waals surface area contributed by atoms with Gasteiger partial charge < -0.3 is 10.7 Å². The third-order valence-corrected chi connectivity index (χ3v) is 4.97. The molecule has 126 valence electrons. The van der Waals surface area contributed by atoms with Gasteiger partial charge in [-0.05, 0) is 47.1 Å². The second-order valence-corrected chi connectivity index (χ2v) is 6.93. The van der Waals surface area contributed by atoms with Gasteiger partial charge in [-0.1, -0.05) is 60.7 Å². The molecule has 0 spiro atoms. The van der Waals surface area contributed by atoms with Gasteiger partial charge in [0.1, 0.15) is 0 Å². The molecule has 0 fully saturated rings. The molecule has 0 bridgehead atoms. The topological polar surface area (TPSA) is 50.1 Å². The highest BCUT2D eigenvalue weighted by Crippen LogP contribution is 2.26. The molecule has 0 heterocycles. The fourth-order valence-corrected chi connectivity index (χ4v) is 3.45. The minimum Gasteiger partial charge on any atom is -0.332 e. The van der Waals surface area contributed by atoms with Crippen LogP contribution >= 0.6 is 24.0 Å². The van der Waals surface area contributed by atoms with E-state index in [0.717, 1.165) is 11.4 Å². The van der Waals surface area contributed by atoms with E-state index >= 15 is 0 Å².